The number of hydrogen-bond donors (Lipinski definition) is 1. The van der Waals surface area contributed by atoms with Gasteiger partial charge in [-0.25, -0.2) is 0 Å². The van der Waals surface area contributed by atoms with Crippen LogP contribution in [0.4, 0.5) is 0 Å². The molecular formula is C21H49N. The number of rotatable bonds is 13. The van der Waals surface area contributed by atoms with E-state index in [2.05, 4.69) is 27.7 Å². The normalized spacial score (nSPS) is 9.55. The molecule has 0 rings (SSSR count). The fourth-order valence-electron chi connectivity index (χ4n) is 2.27. The molecule has 0 fully saturated rings. The van der Waals surface area contributed by atoms with Crippen molar-refractivity contribution >= 4 is 0 Å². The van der Waals surface area contributed by atoms with E-state index >= 15 is 0 Å². The summed E-state index contributed by atoms with van der Waals surface area (Å²) in [5.41, 5.74) is 4.85. The van der Waals surface area contributed by atoms with Gasteiger partial charge in [0.25, 0.3) is 0 Å². The average molecular weight is 316 g/mol. The molecule has 138 valence electrons. The first-order chi connectivity index (χ1) is 10.7. The molecule has 0 atom stereocenters. The highest BCUT2D eigenvalue weighted by atomic mass is 14.5. The van der Waals surface area contributed by atoms with E-state index in [9.17, 15) is 0 Å². The lowest BCUT2D eigenvalue weighted by atomic mass is 10.0. The van der Waals surface area contributed by atoms with Gasteiger partial charge in [-0.1, -0.05) is 131 Å². The van der Waals surface area contributed by atoms with Crippen LogP contribution < -0.4 is 5.73 Å². The molecule has 0 aliphatic rings. The molecular weight excluding hydrogens is 266 g/mol. The third kappa shape index (κ3) is 42.7. The molecule has 0 bridgehead atoms. The van der Waals surface area contributed by atoms with E-state index in [-0.39, 0.29) is 0 Å². The third-order valence-electron chi connectivity index (χ3n) is 3.46. The van der Waals surface area contributed by atoms with Gasteiger partial charge in [0.1, 0.15) is 0 Å². The van der Waals surface area contributed by atoms with Gasteiger partial charge in [-0.3, -0.25) is 0 Å². The van der Waals surface area contributed by atoms with Crippen molar-refractivity contribution < 1.29 is 0 Å². The average Bonchev–Trinajstić information content (AvgIpc) is 2.50. The fraction of sp³-hybridized carbons (Fsp3) is 1.00. The minimum absolute atomic E-state index is 0.750. The predicted octanol–water partition coefficient (Wildman–Crippen LogP) is 7.87. The van der Waals surface area contributed by atoms with Crippen molar-refractivity contribution in [2.75, 3.05) is 6.54 Å². The maximum atomic E-state index is 4.85. The molecule has 0 unspecified atom stereocenters. The second-order valence-electron chi connectivity index (χ2n) is 6.36. The summed E-state index contributed by atoms with van der Waals surface area (Å²) in [6, 6.07) is 0. The summed E-state index contributed by atoms with van der Waals surface area (Å²) < 4.78 is 0. The van der Waals surface area contributed by atoms with Crippen molar-refractivity contribution in [3.8, 4) is 0 Å². The van der Waals surface area contributed by atoms with Crippen molar-refractivity contribution in [3.63, 3.8) is 0 Å². The summed E-state index contributed by atoms with van der Waals surface area (Å²) in [6.45, 7) is 11.5. The highest BCUT2D eigenvalue weighted by molar-refractivity contribution is 4.48. The van der Waals surface area contributed by atoms with Gasteiger partial charge in [0.15, 0.2) is 0 Å². The molecule has 0 saturated heterocycles. The molecule has 0 amide bonds. The summed E-state index contributed by atoms with van der Waals surface area (Å²) in [5, 5.41) is 0. The molecule has 0 heterocycles. The van der Waals surface area contributed by atoms with Crippen molar-refractivity contribution in [1.82, 2.24) is 0 Å². The van der Waals surface area contributed by atoms with Crippen LogP contribution in [0.25, 0.3) is 0 Å². The Morgan fingerprint density at radius 3 is 0.682 bits per heavy atom. The first kappa shape index (κ1) is 26.8. The molecule has 1 heteroatoms. The molecule has 0 aromatic rings. The predicted molar refractivity (Wildman–Crippen MR) is 107 cm³/mol. The van der Waals surface area contributed by atoms with Gasteiger partial charge in [0.2, 0.25) is 0 Å². The Morgan fingerprint density at radius 2 is 0.545 bits per heavy atom. The summed E-state index contributed by atoms with van der Waals surface area (Å²) >= 11 is 0. The van der Waals surface area contributed by atoms with Gasteiger partial charge >= 0.3 is 0 Å². The van der Waals surface area contributed by atoms with Gasteiger partial charge in [-0.15, -0.1) is 0 Å². The monoisotopic (exact) mass is 315 g/mol. The van der Waals surface area contributed by atoms with Crippen LogP contribution >= 0.6 is 0 Å². The fourth-order valence-corrected chi connectivity index (χ4v) is 2.27. The lowest BCUT2D eigenvalue weighted by molar-refractivity contribution is 0.538. The molecule has 2 N–H and O–H groups in total. The SMILES string of the molecule is CCC.CCCCCCCCCCCCCCCC.CCN. The molecule has 0 aromatic carbocycles. The summed E-state index contributed by atoms with van der Waals surface area (Å²) in [4.78, 5) is 0. The zero-order valence-corrected chi connectivity index (χ0v) is 16.9. The van der Waals surface area contributed by atoms with E-state index in [0.29, 0.717) is 0 Å². The van der Waals surface area contributed by atoms with Crippen molar-refractivity contribution in [3.05, 3.63) is 0 Å². The number of unbranched alkanes of at least 4 members (excludes halogenated alkanes) is 13. The quantitative estimate of drug-likeness (QED) is 0.344. The topological polar surface area (TPSA) is 26.0 Å². The maximum Gasteiger partial charge on any atom is -0.0106 e. The maximum absolute atomic E-state index is 4.85. The molecule has 22 heavy (non-hydrogen) atoms. The summed E-state index contributed by atoms with van der Waals surface area (Å²) in [6.07, 6.45) is 21.7. The molecule has 0 saturated carbocycles. The Hall–Kier alpha value is -0.0400. The molecule has 1 nitrogen and oxygen atoms in total. The van der Waals surface area contributed by atoms with E-state index in [4.69, 9.17) is 5.73 Å². The van der Waals surface area contributed by atoms with Gasteiger partial charge in [0.05, 0.1) is 0 Å². The van der Waals surface area contributed by atoms with E-state index in [1.807, 2.05) is 6.92 Å². The molecule has 0 spiro atoms. The van der Waals surface area contributed by atoms with E-state index in [1.165, 1.54) is 96.3 Å². The Bertz CT molecular complexity index is 118. The Balaban J connectivity index is -0.000000515. The van der Waals surface area contributed by atoms with Gasteiger partial charge in [0, 0.05) is 0 Å². The molecule has 0 aromatic heterocycles. The van der Waals surface area contributed by atoms with Crippen LogP contribution in [0.2, 0.25) is 0 Å². The van der Waals surface area contributed by atoms with Crippen LogP contribution in [0.3, 0.4) is 0 Å². The standard InChI is InChI=1S/C16H34.C3H8.C2H7N/c1-3-5-7-9-11-13-15-16-14-12-10-8-6-4-2;1-3-2;1-2-3/h3-16H2,1-2H3;3H2,1-2H3;2-3H2,1H3. The molecule has 0 aliphatic heterocycles. The Kier molecular flexibility index (Phi) is 40.0. The highest BCUT2D eigenvalue weighted by Crippen LogP contribution is 2.12. The third-order valence-corrected chi connectivity index (χ3v) is 3.46. The van der Waals surface area contributed by atoms with Crippen LogP contribution in [0, 0.1) is 0 Å². The van der Waals surface area contributed by atoms with Crippen molar-refractivity contribution in [1.29, 1.82) is 0 Å². The smallest absolute Gasteiger partial charge is 0.0106 e. The summed E-state index contributed by atoms with van der Waals surface area (Å²) in [5.74, 6) is 0. The van der Waals surface area contributed by atoms with Crippen LogP contribution in [0.15, 0.2) is 0 Å². The van der Waals surface area contributed by atoms with Gasteiger partial charge in [-0.2, -0.15) is 0 Å². The van der Waals surface area contributed by atoms with Gasteiger partial charge < -0.3 is 5.73 Å². The lowest BCUT2D eigenvalue weighted by Crippen LogP contribution is -1.87. The second kappa shape index (κ2) is 32.8. The van der Waals surface area contributed by atoms with Crippen LogP contribution in [-0.2, 0) is 0 Å². The highest BCUT2D eigenvalue weighted by Gasteiger charge is 1.92. The molecule has 0 radical (unpaired) electrons. The van der Waals surface area contributed by atoms with E-state index in [1.54, 1.807) is 0 Å². The van der Waals surface area contributed by atoms with E-state index in [0.717, 1.165) is 6.54 Å². The number of hydrogen-bond acceptors (Lipinski definition) is 1. The zero-order chi connectivity index (χ0) is 17.3. The van der Waals surface area contributed by atoms with Gasteiger partial charge in [-0.05, 0) is 6.54 Å². The van der Waals surface area contributed by atoms with Crippen molar-refractivity contribution in [2.24, 2.45) is 5.73 Å². The van der Waals surface area contributed by atoms with Crippen molar-refractivity contribution in [2.45, 2.75) is 131 Å². The van der Waals surface area contributed by atoms with E-state index < -0.39 is 0 Å². The van der Waals surface area contributed by atoms with Crippen LogP contribution in [0.1, 0.15) is 131 Å². The zero-order valence-electron chi connectivity index (χ0n) is 16.9. The Labute approximate surface area is 143 Å². The largest absolute Gasteiger partial charge is 0.331 e. The Morgan fingerprint density at radius 1 is 0.409 bits per heavy atom. The van der Waals surface area contributed by atoms with Crippen LogP contribution in [0.5, 0.6) is 0 Å². The minimum atomic E-state index is 0.750. The van der Waals surface area contributed by atoms with Crippen LogP contribution in [-0.4, -0.2) is 6.54 Å². The summed E-state index contributed by atoms with van der Waals surface area (Å²) in [7, 11) is 0. The second-order valence-corrected chi connectivity index (χ2v) is 6.36. The lowest BCUT2D eigenvalue weighted by Gasteiger charge is -2.02. The number of nitrogens with two attached hydrogens (primary N) is 1. The molecule has 0 aliphatic carbocycles. The minimum Gasteiger partial charge on any atom is -0.331 e. The first-order valence-electron chi connectivity index (χ1n) is 10.4. The first-order valence-corrected chi connectivity index (χ1v) is 10.4.